The highest BCUT2D eigenvalue weighted by Gasteiger charge is 2.17. The Morgan fingerprint density at radius 1 is 1.17 bits per heavy atom. The van der Waals surface area contributed by atoms with E-state index in [1.165, 1.54) is 4.90 Å². The first-order valence-electron chi connectivity index (χ1n) is 3.81. The number of thiol groups is 1. The summed E-state index contributed by atoms with van der Waals surface area (Å²) in [6.45, 7) is 1.20. The van der Waals surface area contributed by atoms with Gasteiger partial charge in [-0.1, -0.05) is 0 Å². The summed E-state index contributed by atoms with van der Waals surface area (Å²) in [5, 5.41) is 0. The minimum Gasteiger partial charge on any atom is -0.330 e. The molecule has 0 N–H and O–H groups in total. The van der Waals surface area contributed by atoms with Crippen LogP contribution in [0.1, 0.15) is 19.3 Å². The summed E-state index contributed by atoms with van der Waals surface area (Å²) in [5.41, 5.74) is 0. The number of hydrogen-bond donors (Lipinski definition) is 1. The second-order valence-electron chi connectivity index (χ2n) is 2.63. The Morgan fingerprint density at radius 2 is 1.75 bits per heavy atom. The van der Waals surface area contributed by atoms with Crippen molar-refractivity contribution in [3.05, 3.63) is 0 Å². The lowest BCUT2D eigenvalue weighted by Crippen LogP contribution is -2.35. The van der Waals surface area contributed by atoms with E-state index in [1.807, 2.05) is 0 Å². The van der Waals surface area contributed by atoms with Gasteiger partial charge in [-0.25, -0.2) is 4.79 Å². The molecule has 5 nitrogen and oxygen atoms in total. The molecular formula is C6H11NO4S. The van der Waals surface area contributed by atoms with Gasteiger partial charge >= 0.3 is 17.1 Å². The SMILES string of the molecule is O=C(O[SH](=O)=O)N1CCCCC1. The van der Waals surface area contributed by atoms with Gasteiger partial charge in [0, 0.05) is 13.1 Å². The third-order valence-corrected chi connectivity index (χ3v) is 2.07. The molecule has 1 rings (SSSR count). The molecule has 1 amide bonds. The van der Waals surface area contributed by atoms with Crippen molar-refractivity contribution in [2.75, 3.05) is 13.1 Å². The Morgan fingerprint density at radius 3 is 2.25 bits per heavy atom. The monoisotopic (exact) mass is 193 g/mol. The Kier molecular flexibility index (Phi) is 3.33. The molecular weight excluding hydrogens is 182 g/mol. The van der Waals surface area contributed by atoms with Crippen molar-refractivity contribution in [2.24, 2.45) is 0 Å². The van der Waals surface area contributed by atoms with Crippen LogP contribution >= 0.6 is 0 Å². The molecule has 1 saturated heterocycles. The van der Waals surface area contributed by atoms with E-state index in [1.54, 1.807) is 0 Å². The van der Waals surface area contributed by atoms with E-state index in [2.05, 4.69) is 4.18 Å². The van der Waals surface area contributed by atoms with E-state index >= 15 is 0 Å². The van der Waals surface area contributed by atoms with Crippen molar-refractivity contribution >= 4 is 17.1 Å². The van der Waals surface area contributed by atoms with Crippen LogP contribution in [0.25, 0.3) is 0 Å². The maximum absolute atomic E-state index is 10.9. The lowest BCUT2D eigenvalue weighted by Gasteiger charge is -2.24. The molecule has 0 aliphatic carbocycles. The predicted molar refractivity (Wildman–Crippen MR) is 42.2 cm³/mol. The van der Waals surface area contributed by atoms with Gasteiger partial charge in [-0.3, -0.25) is 0 Å². The van der Waals surface area contributed by atoms with Gasteiger partial charge in [0.25, 0.3) is 0 Å². The molecule has 1 heterocycles. The van der Waals surface area contributed by atoms with Gasteiger partial charge in [-0.05, 0) is 19.3 Å². The molecule has 1 aliphatic heterocycles. The van der Waals surface area contributed by atoms with Crippen LogP contribution in [-0.4, -0.2) is 32.5 Å². The highest BCUT2D eigenvalue weighted by molar-refractivity contribution is 7.67. The first kappa shape index (κ1) is 9.31. The van der Waals surface area contributed by atoms with Crippen LogP contribution < -0.4 is 0 Å². The van der Waals surface area contributed by atoms with Gasteiger partial charge in [0.1, 0.15) is 0 Å². The van der Waals surface area contributed by atoms with Gasteiger partial charge in [-0.15, -0.1) is 0 Å². The Bertz CT molecular complexity index is 224. The minimum absolute atomic E-state index is 0.599. The van der Waals surface area contributed by atoms with Gasteiger partial charge in [0.2, 0.25) is 0 Å². The van der Waals surface area contributed by atoms with Crippen molar-refractivity contribution in [2.45, 2.75) is 19.3 Å². The highest BCUT2D eigenvalue weighted by Crippen LogP contribution is 2.09. The van der Waals surface area contributed by atoms with Crippen LogP contribution in [0.4, 0.5) is 4.79 Å². The molecule has 0 spiro atoms. The molecule has 12 heavy (non-hydrogen) atoms. The number of hydrogen-bond acceptors (Lipinski definition) is 4. The van der Waals surface area contributed by atoms with Crippen molar-refractivity contribution < 1.29 is 17.4 Å². The van der Waals surface area contributed by atoms with Crippen molar-refractivity contribution in [1.82, 2.24) is 4.90 Å². The molecule has 0 aromatic heterocycles. The van der Waals surface area contributed by atoms with E-state index in [0.29, 0.717) is 13.1 Å². The molecule has 0 aromatic rings. The normalized spacial score (nSPS) is 17.9. The van der Waals surface area contributed by atoms with Crippen LogP contribution in [0.5, 0.6) is 0 Å². The van der Waals surface area contributed by atoms with E-state index in [-0.39, 0.29) is 0 Å². The van der Waals surface area contributed by atoms with E-state index < -0.39 is 17.1 Å². The van der Waals surface area contributed by atoms with Gasteiger partial charge in [0.15, 0.2) is 0 Å². The number of nitrogens with zero attached hydrogens (tertiary/aromatic N) is 1. The fraction of sp³-hybridized carbons (Fsp3) is 0.833. The Labute approximate surface area is 72.5 Å². The van der Waals surface area contributed by atoms with E-state index in [9.17, 15) is 13.2 Å². The molecule has 1 fully saturated rings. The fourth-order valence-electron chi connectivity index (χ4n) is 1.20. The largest absolute Gasteiger partial charge is 0.425 e. The molecule has 6 heteroatoms. The van der Waals surface area contributed by atoms with Crippen molar-refractivity contribution in [1.29, 1.82) is 0 Å². The Balaban J connectivity index is 2.39. The molecule has 0 saturated carbocycles. The fourth-order valence-corrected chi connectivity index (χ4v) is 1.44. The molecule has 1 aliphatic rings. The second-order valence-corrected chi connectivity index (χ2v) is 3.26. The number of carbonyl (C=O) groups is 1. The minimum atomic E-state index is -3.06. The first-order chi connectivity index (χ1) is 5.70. The number of piperidine rings is 1. The molecule has 0 aromatic carbocycles. The zero-order chi connectivity index (χ0) is 8.97. The zero-order valence-corrected chi connectivity index (χ0v) is 7.46. The topological polar surface area (TPSA) is 63.7 Å². The lowest BCUT2D eigenvalue weighted by atomic mass is 10.1. The maximum Gasteiger partial charge on any atom is 0.425 e. The van der Waals surface area contributed by atoms with Crippen molar-refractivity contribution in [3.63, 3.8) is 0 Å². The van der Waals surface area contributed by atoms with Crippen LogP contribution in [0, 0.1) is 0 Å². The summed E-state index contributed by atoms with van der Waals surface area (Å²) < 4.78 is 24.1. The van der Waals surface area contributed by atoms with Gasteiger partial charge < -0.3 is 9.08 Å². The Hall–Kier alpha value is -0.780. The van der Waals surface area contributed by atoms with E-state index in [4.69, 9.17) is 0 Å². The maximum atomic E-state index is 10.9. The summed E-state index contributed by atoms with van der Waals surface area (Å²) in [4.78, 5) is 12.3. The van der Waals surface area contributed by atoms with E-state index in [0.717, 1.165) is 19.3 Å². The highest BCUT2D eigenvalue weighted by atomic mass is 32.2. The van der Waals surface area contributed by atoms with Crippen LogP contribution in [0.15, 0.2) is 0 Å². The van der Waals surface area contributed by atoms with Crippen LogP contribution in [0.3, 0.4) is 0 Å². The van der Waals surface area contributed by atoms with Crippen molar-refractivity contribution in [3.8, 4) is 0 Å². The van der Waals surface area contributed by atoms with Gasteiger partial charge in [-0.2, -0.15) is 8.42 Å². The number of amides is 1. The summed E-state index contributed by atoms with van der Waals surface area (Å²) in [5.74, 6) is 0. The quantitative estimate of drug-likeness (QED) is 0.601. The third kappa shape index (κ3) is 2.69. The molecule has 0 unspecified atom stereocenters. The zero-order valence-electron chi connectivity index (χ0n) is 6.56. The number of carbonyl (C=O) groups excluding carboxylic acids is 1. The second kappa shape index (κ2) is 4.30. The lowest BCUT2D eigenvalue weighted by molar-refractivity contribution is 0.146. The average Bonchev–Trinajstić information content (AvgIpc) is 2.05. The average molecular weight is 193 g/mol. The molecule has 0 atom stereocenters. The predicted octanol–water partition coefficient (Wildman–Crippen LogP) is 0.135. The summed E-state index contributed by atoms with van der Waals surface area (Å²) in [6, 6.07) is 0. The summed E-state index contributed by atoms with van der Waals surface area (Å²) in [6.07, 6.45) is 2.19. The van der Waals surface area contributed by atoms with Crippen LogP contribution in [-0.2, 0) is 15.2 Å². The number of likely N-dealkylation sites (tertiary alicyclic amines) is 1. The molecule has 70 valence electrons. The third-order valence-electron chi connectivity index (χ3n) is 1.77. The standard InChI is InChI=1S/C6H11NO4S/c8-6(11-12(9)10)7-4-2-1-3-5-7/h12H,1-5H2. The molecule has 0 radical (unpaired) electrons. The van der Waals surface area contributed by atoms with Crippen LogP contribution in [0.2, 0.25) is 0 Å². The molecule has 0 bridgehead atoms. The number of rotatable bonds is 1. The van der Waals surface area contributed by atoms with Gasteiger partial charge in [0.05, 0.1) is 0 Å². The first-order valence-corrected chi connectivity index (χ1v) is 4.91. The summed E-state index contributed by atoms with van der Waals surface area (Å²) >= 11 is 0. The summed E-state index contributed by atoms with van der Waals surface area (Å²) in [7, 11) is -3.06. The smallest absolute Gasteiger partial charge is 0.330 e.